The molecule has 0 radical (unpaired) electrons. The first-order valence-electron chi connectivity index (χ1n) is 9.08. The maximum atomic E-state index is 13.2. The van der Waals surface area contributed by atoms with E-state index in [2.05, 4.69) is 54.7 Å². The second-order valence-corrected chi connectivity index (χ2v) is 7.31. The molecule has 1 amide bonds. The second-order valence-electron chi connectivity index (χ2n) is 7.31. The number of carbonyl (C=O) groups excluding carboxylic acids is 1. The third-order valence-electron chi connectivity index (χ3n) is 5.00. The van der Waals surface area contributed by atoms with E-state index in [1.165, 1.54) is 16.7 Å². The summed E-state index contributed by atoms with van der Waals surface area (Å²) in [6, 6.07) is 8.54. The van der Waals surface area contributed by atoms with E-state index in [9.17, 15) is 4.79 Å². The molecule has 2 aromatic rings. The molecule has 5 nitrogen and oxygen atoms in total. The van der Waals surface area contributed by atoms with Gasteiger partial charge < -0.3 is 10.6 Å². The Labute approximate surface area is 149 Å². The molecule has 0 spiro atoms. The number of nitrogens with one attached hydrogen (secondary N) is 2. The zero-order chi connectivity index (χ0) is 17.9. The van der Waals surface area contributed by atoms with Crippen molar-refractivity contribution in [3.63, 3.8) is 0 Å². The van der Waals surface area contributed by atoms with E-state index in [0.29, 0.717) is 0 Å². The molecule has 3 rings (SSSR count). The number of hydrogen-bond donors (Lipinski definition) is 2. The van der Waals surface area contributed by atoms with E-state index in [1.54, 1.807) is 6.20 Å². The van der Waals surface area contributed by atoms with Gasteiger partial charge >= 0.3 is 0 Å². The second kappa shape index (κ2) is 7.40. The van der Waals surface area contributed by atoms with Gasteiger partial charge in [-0.3, -0.25) is 9.48 Å². The molecular weight excluding hydrogens is 312 g/mol. The highest BCUT2D eigenvalue weighted by Gasteiger charge is 2.42. The number of hydrogen-bond acceptors (Lipinski definition) is 3. The van der Waals surface area contributed by atoms with E-state index < -0.39 is 5.54 Å². The van der Waals surface area contributed by atoms with E-state index in [4.69, 9.17) is 0 Å². The van der Waals surface area contributed by atoms with Crippen molar-refractivity contribution >= 4 is 5.91 Å². The fourth-order valence-electron chi connectivity index (χ4n) is 3.87. The smallest absolute Gasteiger partial charge is 0.248 e. The van der Waals surface area contributed by atoms with Gasteiger partial charge in [0.1, 0.15) is 5.54 Å². The summed E-state index contributed by atoms with van der Waals surface area (Å²) in [5.74, 6) is 0.0783. The Kier molecular flexibility index (Phi) is 5.23. The standard InChI is InChI=1S/C20H28N4O/c1-15-11-16(2)13-18(12-15)14-17(3)23-19(25)20(5-8-21-9-6-20)24-10-4-7-22-24/h4,7,10-13,17,21H,5-6,8-9,14H2,1-3H3,(H,23,25). The Balaban J connectivity index is 1.72. The molecule has 0 saturated carbocycles. The Morgan fingerprint density at radius 1 is 1.28 bits per heavy atom. The molecule has 1 atom stereocenters. The molecule has 1 saturated heterocycles. The Morgan fingerprint density at radius 3 is 2.56 bits per heavy atom. The van der Waals surface area contributed by atoms with E-state index in [-0.39, 0.29) is 11.9 Å². The zero-order valence-electron chi connectivity index (χ0n) is 15.4. The Morgan fingerprint density at radius 2 is 1.96 bits per heavy atom. The molecular formula is C20H28N4O. The van der Waals surface area contributed by atoms with Gasteiger partial charge in [-0.2, -0.15) is 5.10 Å². The summed E-state index contributed by atoms with van der Waals surface area (Å²) in [5, 5.41) is 11.0. The average molecular weight is 340 g/mol. The third-order valence-corrected chi connectivity index (χ3v) is 5.00. The number of carbonyl (C=O) groups is 1. The van der Waals surface area contributed by atoms with Crippen LogP contribution in [0.5, 0.6) is 0 Å². The first-order chi connectivity index (χ1) is 12.0. The third kappa shape index (κ3) is 3.93. The van der Waals surface area contributed by atoms with Gasteiger partial charge in [0.2, 0.25) is 5.91 Å². The zero-order valence-corrected chi connectivity index (χ0v) is 15.4. The maximum Gasteiger partial charge on any atom is 0.248 e. The fourth-order valence-corrected chi connectivity index (χ4v) is 3.87. The first-order valence-corrected chi connectivity index (χ1v) is 9.08. The lowest BCUT2D eigenvalue weighted by Crippen LogP contribution is -2.56. The highest BCUT2D eigenvalue weighted by molar-refractivity contribution is 5.84. The minimum atomic E-state index is -0.578. The molecule has 2 heterocycles. The molecule has 1 aliphatic heterocycles. The summed E-state index contributed by atoms with van der Waals surface area (Å²) in [5.41, 5.74) is 3.22. The lowest BCUT2D eigenvalue weighted by atomic mass is 9.87. The molecule has 2 N–H and O–H groups in total. The van der Waals surface area contributed by atoms with Crippen molar-refractivity contribution in [2.45, 2.75) is 51.6 Å². The van der Waals surface area contributed by atoms with Crippen LogP contribution in [0, 0.1) is 13.8 Å². The van der Waals surface area contributed by atoms with Crippen LogP contribution < -0.4 is 10.6 Å². The van der Waals surface area contributed by atoms with Crippen molar-refractivity contribution in [1.29, 1.82) is 0 Å². The van der Waals surface area contributed by atoms with Crippen LogP contribution in [0.2, 0.25) is 0 Å². The molecule has 1 fully saturated rings. The van der Waals surface area contributed by atoms with Crippen LogP contribution in [0.15, 0.2) is 36.7 Å². The minimum Gasteiger partial charge on any atom is -0.351 e. The largest absolute Gasteiger partial charge is 0.351 e. The minimum absolute atomic E-state index is 0.0783. The monoisotopic (exact) mass is 340 g/mol. The number of aromatic nitrogens is 2. The van der Waals surface area contributed by atoms with Crippen LogP contribution in [-0.4, -0.2) is 34.8 Å². The summed E-state index contributed by atoms with van der Waals surface area (Å²) in [6.45, 7) is 7.97. The summed E-state index contributed by atoms with van der Waals surface area (Å²) in [4.78, 5) is 13.2. The lowest BCUT2D eigenvalue weighted by molar-refractivity contribution is -0.132. The van der Waals surface area contributed by atoms with Crippen molar-refractivity contribution in [1.82, 2.24) is 20.4 Å². The molecule has 1 aromatic carbocycles. The van der Waals surface area contributed by atoms with Crippen molar-refractivity contribution in [2.24, 2.45) is 0 Å². The normalized spacial score (nSPS) is 17.9. The van der Waals surface area contributed by atoms with E-state index >= 15 is 0 Å². The molecule has 1 unspecified atom stereocenters. The van der Waals surface area contributed by atoms with Crippen LogP contribution in [0.1, 0.15) is 36.5 Å². The fraction of sp³-hybridized carbons (Fsp3) is 0.500. The van der Waals surface area contributed by atoms with Crippen LogP contribution in [0.3, 0.4) is 0 Å². The summed E-state index contributed by atoms with van der Waals surface area (Å²) >= 11 is 0. The number of piperidine rings is 1. The van der Waals surface area contributed by atoms with Crippen LogP contribution in [0.25, 0.3) is 0 Å². The summed E-state index contributed by atoms with van der Waals surface area (Å²) in [7, 11) is 0. The van der Waals surface area contributed by atoms with Crippen molar-refractivity contribution in [2.75, 3.05) is 13.1 Å². The van der Waals surface area contributed by atoms with Crippen molar-refractivity contribution in [3.05, 3.63) is 53.3 Å². The maximum absolute atomic E-state index is 13.2. The topological polar surface area (TPSA) is 59.0 Å². The first kappa shape index (κ1) is 17.7. The average Bonchev–Trinajstić information content (AvgIpc) is 3.09. The van der Waals surface area contributed by atoms with E-state index in [1.807, 2.05) is 16.9 Å². The molecule has 134 valence electrons. The molecule has 25 heavy (non-hydrogen) atoms. The number of rotatable bonds is 5. The molecule has 0 aliphatic carbocycles. The number of nitrogens with zero attached hydrogens (tertiary/aromatic N) is 2. The van der Waals surface area contributed by atoms with Crippen LogP contribution in [0.4, 0.5) is 0 Å². The quantitative estimate of drug-likeness (QED) is 0.878. The molecule has 0 bridgehead atoms. The predicted molar refractivity (Wildman–Crippen MR) is 99.5 cm³/mol. The van der Waals surface area contributed by atoms with Gasteiger partial charge in [0.05, 0.1) is 0 Å². The molecule has 1 aromatic heterocycles. The van der Waals surface area contributed by atoms with Gasteiger partial charge in [-0.05, 0) is 64.8 Å². The number of amides is 1. The van der Waals surface area contributed by atoms with Gasteiger partial charge in [-0.15, -0.1) is 0 Å². The molecule has 5 heteroatoms. The lowest BCUT2D eigenvalue weighted by Gasteiger charge is -2.37. The Hall–Kier alpha value is -2.14. The SMILES string of the molecule is Cc1cc(C)cc(CC(C)NC(=O)C2(n3cccn3)CCNCC2)c1. The molecule has 1 aliphatic rings. The highest BCUT2D eigenvalue weighted by atomic mass is 16.2. The summed E-state index contributed by atoms with van der Waals surface area (Å²) < 4.78 is 1.84. The summed E-state index contributed by atoms with van der Waals surface area (Å²) in [6.07, 6.45) is 6.00. The predicted octanol–water partition coefficient (Wildman–Crippen LogP) is 2.33. The number of aryl methyl sites for hydroxylation is 2. The van der Waals surface area contributed by atoms with Crippen molar-refractivity contribution < 1.29 is 4.79 Å². The van der Waals surface area contributed by atoms with Gasteiger partial charge in [0.15, 0.2) is 0 Å². The van der Waals surface area contributed by atoms with Gasteiger partial charge in [-0.1, -0.05) is 29.3 Å². The van der Waals surface area contributed by atoms with Gasteiger partial charge in [0, 0.05) is 18.4 Å². The number of benzene rings is 1. The van der Waals surface area contributed by atoms with E-state index in [0.717, 1.165) is 32.4 Å². The van der Waals surface area contributed by atoms with Gasteiger partial charge in [0.25, 0.3) is 0 Å². The Bertz CT molecular complexity index is 697. The highest BCUT2D eigenvalue weighted by Crippen LogP contribution is 2.27. The van der Waals surface area contributed by atoms with Crippen LogP contribution >= 0.6 is 0 Å². The van der Waals surface area contributed by atoms with Crippen LogP contribution in [-0.2, 0) is 16.8 Å². The van der Waals surface area contributed by atoms with Gasteiger partial charge in [-0.25, -0.2) is 0 Å². The van der Waals surface area contributed by atoms with Crippen molar-refractivity contribution in [3.8, 4) is 0 Å².